The molecule has 0 fully saturated rings. The molecule has 1 aromatic rings. The highest BCUT2D eigenvalue weighted by atomic mass is 16.4. The average Bonchev–Trinajstić information content (AvgIpc) is 2.52. The number of furan rings is 1. The lowest BCUT2D eigenvalue weighted by atomic mass is 10.1. The van der Waals surface area contributed by atoms with Crippen LogP contribution in [0.1, 0.15) is 17.9 Å². The van der Waals surface area contributed by atoms with Gasteiger partial charge >= 0.3 is 5.97 Å². The van der Waals surface area contributed by atoms with E-state index in [9.17, 15) is 4.79 Å². The molecule has 2 N–H and O–H groups in total. The van der Waals surface area contributed by atoms with Gasteiger partial charge < -0.3 is 14.8 Å². The van der Waals surface area contributed by atoms with Crippen molar-refractivity contribution >= 4 is 5.97 Å². The maximum absolute atomic E-state index is 10.7. The summed E-state index contributed by atoms with van der Waals surface area (Å²) in [5.41, 5.74) is 0. The van der Waals surface area contributed by atoms with Crippen molar-refractivity contribution in [3.8, 4) is 0 Å². The minimum atomic E-state index is -0.823. The van der Waals surface area contributed by atoms with Gasteiger partial charge in [0.15, 0.2) is 0 Å². The highest BCUT2D eigenvalue weighted by Gasteiger charge is 2.14. The minimum absolute atomic E-state index is 0.500. The molecule has 0 radical (unpaired) electrons. The van der Waals surface area contributed by atoms with Gasteiger partial charge in [0.2, 0.25) is 0 Å². The molecule has 4 nitrogen and oxygen atoms in total. The summed E-state index contributed by atoms with van der Waals surface area (Å²) in [5.74, 6) is 0.871. The lowest BCUT2D eigenvalue weighted by molar-refractivity contribution is -0.139. The van der Waals surface area contributed by atoms with E-state index in [4.69, 9.17) is 9.52 Å². The fraction of sp³-hybridized carbons (Fsp3) is 0.500. The maximum Gasteiger partial charge on any atom is 0.320 e. The summed E-state index contributed by atoms with van der Waals surface area (Å²) in [6, 6.07) is 3.26. The second-order valence-corrected chi connectivity index (χ2v) is 3.23. The molecule has 0 aromatic carbocycles. The Bertz CT molecular complexity index is 306. The highest BCUT2D eigenvalue weighted by molar-refractivity contribution is 5.73. The summed E-state index contributed by atoms with van der Waals surface area (Å²) >= 11 is 0. The Kier molecular flexibility index (Phi) is 3.71. The summed E-state index contributed by atoms with van der Waals surface area (Å²) in [6.45, 7) is 1.87. The number of carboxylic acids is 1. The lowest BCUT2D eigenvalue weighted by Gasteiger charge is -2.09. The molecule has 1 unspecified atom stereocenters. The van der Waals surface area contributed by atoms with Crippen LogP contribution in [0, 0.1) is 6.92 Å². The van der Waals surface area contributed by atoms with Gasteiger partial charge in [0.05, 0.1) is 0 Å². The van der Waals surface area contributed by atoms with Crippen LogP contribution in [0.25, 0.3) is 0 Å². The molecule has 0 amide bonds. The zero-order valence-corrected chi connectivity index (χ0v) is 8.41. The van der Waals surface area contributed by atoms with E-state index >= 15 is 0 Å². The van der Waals surface area contributed by atoms with Crippen molar-refractivity contribution in [2.24, 2.45) is 0 Å². The van der Waals surface area contributed by atoms with Crippen molar-refractivity contribution in [3.05, 3.63) is 23.7 Å². The molecule has 1 heterocycles. The van der Waals surface area contributed by atoms with Crippen LogP contribution >= 0.6 is 0 Å². The Morgan fingerprint density at radius 2 is 2.36 bits per heavy atom. The number of rotatable bonds is 5. The molecule has 4 heteroatoms. The van der Waals surface area contributed by atoms with Gasteiger partial charge in [0, 0.05) is 6.42 Å². The van der Waals surface area contributed by atoms with E-state index in [2.05, 4.69) is 5.32 Å². The van der Waals surface area contributed by atoms with Crippen molar-refractivity contribution in [2.45, 2.75) is 25.8 Å². The quantitative estimate of drug-likeness (QED) is 0.744. The predicted molar refractivity (Wildman–Crippen MR) is 52.2 cm³/mol. The fourth-order valence-electron chi connectivity index (χ4n) is 1.30. The van der Waals surface area contributed by atoms with E-state index in [1.165, 1.54) is 0 Å². The number of nitrogens with one attached hydrogen (secondary N) is 1. The number of carboxylic acid groups (broad SMARTS) is 1. The summed E-state index contributed by atoms with van der Waals surface area (Å²) in [4.78, 5) is 10.7. The second kappa shape index (κ2) is 4.81. The van der Waals surface area contributed by atoms with Crippen LogP contribution < -0.4 is 5.32 Å². The van der Waals surface area contributed by atoms with Crippen LogP contribution in [0.3, 0.4) is 0 Å². The van der Waals surface area contributed by atoms with Crippen molar-refractivity contribution < 1.29 is 14.3 Å². The molecule has 0 bridgehead atoms. The smallest absolute Gasteiger partial charge is 0.320 e. The Balaban J connectivity index is 2.43. The zero-order chi connectivity index (χ0) is 10.6. The van der Waals surface area contributed by atoms with Crippen molar-refractivity contribution in [1.29, 1.82) is 0 Å². The van der Waals surface area contributed by atoms with Crippen molar-refractivity contribution in [3.63, 3.8) is 0 Å². The predicted octanol–water partition coefficient (Wildman–Crippen LogP) is 1.19. The Labute approximate surface area is 82.9 Å². The monoisotopic (exact) mass is 197 g/mol. The normalized spacial score (nSPS) is 12.7. The minimum Gasteiger partial charge on any atom is -0.480 e. The topological polar surface area (TPSA) is 62.5 Å². The Morgan fingerprint density at radius 1 is 1.64 bits per heavy atom. The number of aliphatic carboxylic acids is 1. The Hall–Kier alpha value is -1.29. The van der Waals surface area contributed by atoms with Gasteiger partial charge in [-0.05, 0) is 32.5 Å². The largest absolute Gasteiger partial charge is 0.480 e. The first kappa shape index (κ1) is 10.8. The number of hydrogen-bond donors (Lipinski definition) is 2. The fourth-order valence-corrected chi connectivity index (χ4v) is 1.30. The van der Waals surface area contributed by atoms with Crippen LogP contribution in [0.4, 0.5) is 0 Å². The van der Waals surface area contributed by atoms with E-state index in [0.717, 1.165) is 11.5 Å². The lowest BCUT2D eigenvalue weighted by Crippen LogP contribution is -2.34. The van der Waals surface area contributed by atoms with Gasteiger partial charge in [-0.1, -0.05) is 0 Å². The molecule has 78 valence electrons. The summed E-state index contributed by atoms with van der Waals surface area (Å²) in [6.07, 6.45) is 1.18. The molecule has 1 atom stereocenters. The van der Waals surface area contributed by atoms with E-state index in [-0.39, 0.29) is 0 Å². The van der Waals surface area contributed by atoms with Gasteiger partial charge in [-0.2, -0.15) is 0 Å². The molecule has 0 saturated carbocycles. The summed E-state index contributed by atoms with van der Waals surface area (Å²) in [5, 5.41) is 11.5. The van der Waals surface area contributed by atoms with Gasteiger partial charge in [0.25, 0.3) is 0 Å². The molecule has 1 aromatic heterocycles. The third-order valence-electron chi connectivity index (χ3n) is 2.12. The summed E-state index contributed by atoms with van der Waals surface area (Å²) < 4.78 is 5.34. The van der Waals surface area contributed by atoms with E-state index < -0.39 is 12.0 Å². The first-order valence-corrected chi connectivity index (χ1v) is 4.59. The number of carbonyl (C=O) groups is 1. The first-order valence-electron chi connectivity index (χ1n) is 4.59. The zero-order valence-electron chi connectivity index (χ0n) is 8.41. The molecule has 0 aliphatic rings. The highest BCUT2D eigenvalue weighted by Crippen LogP contribution is 2.09. The molecule has 0 spiro atoms. The SMILES string of the molecule is CNC(CCc1ccc(C)o1)C(=O)O. The molecule has 0 aliphatic heterocycles. The van der Waals surface area contributed by atoms with Crippen LogP contribution in [0.2, 0.25) is 0 Å². The first-order chi connectivity index (χ1) is 6.63. The van der Waals surface area contributed by atoms with Crippen LogP contribution in [-0.4, -0.2) is 24.2 Å². The van der Waals surface area contributed by atoms with Crippen LogP contribution in [0.15, 0.2) is 16.5 Å². The molecule has 0 aliphatic carbocycles. The van der Waals surface area contributed by atoms with Gasteiger partial charge in [0.1, 0.15) is 17.6 Å². The van der Waals surface area contributed by atoms with Gasteiger partial charge in [-0.3, -0.25) is 4.79 Å². The second-order valence-electron chi connectivity index (χ2n) is 3.23. The molecular weight excluding hydrogens is 182 g/mol. The van der Waals surface area contributed by atoms with Crippen LogP contribution in [0.5, 0.6) is 0 Å². The number of hydrogen-bond acceptors (Lipinski definition) is 3. The van der Waals surface area contributed by atoms with Crippen molar-refractivity contribution in [1.82, 2.24) is 5.32 Å². The standard InChI is InChI=1S/C10H15NO3/c1-7-3-4-8(14-7)5-6-9(11-2)10(12)13/h3-4,9,11H,5-6H2,1-2H3,(H,12,13). The molecule has 0 saturated heterocycles. The number of aryl methyl sites for hydroxylation is 2. The van der Waals surface area contributed by atoms with E-state index in [1.807, 2.05) is 19.1 Å². The third kappa shape index (κ3) is 2.88. The summed E-state index contributed by atoms with van der Waals surface area (Å²) in [7, 11) is 1.65. The molecule has 14 heavy (non-hydrogen) atoms. The third-order valence-corrected chi connectivity index (χ3v) is 2.12. The van der Waals surface area contributed by atoms with E-state index in [1.54, 1.807) is 7.05 Å². The van der Waals surface area contributed by atoms with Gasteiger partial charge in [-0.25, -0.2) is 0 Å². The van der Waals surface area contributed by atoms with E-state index in [0.29, 0.717) is 12.8 Å². The number of likely N-dealkylation sites (N-methyl/N-ethyl adjacent to an activating group) is 1. The Morgan fingerprint density at radius 3 is 2.79 bits per heavy atom. The molecular formula is C10H15NO3. The van der Waals surface area contributed by atoms with Crippen molar-refractivity contribution in [2.75, 3.05) is 7.05 Å². The van der Waals surface area contributed by atoms with Gasteiger partial charge in [-0.15, -0.1) is 0 Å². The average molecular weight is 197 g/mol. The molecule has 1 rings (SSSR count). The van der Waals surface area contributed by atoms with Crippen LogP contribution in [-0.2, 0) is 11.2 Å². The maximum atomic E-state index is 10.7.